The molecule has 1 aliphatic heterocycles. The van der Waals surface area contributed by atoms with Gasteiger partial charge >= 0.3 is 0 Å². The molecule has 0 spiro atoms. The van der Waals surface area contributed by atoms with Crippen molar-refractivity contribution in [3.8, 4) is 0 Å². The van der Waals surface area contributed by atoms with Crippen LogP contribution in [0.1, 0.15) is 24.8 Å². The number of fused-ring (bicyclic) bond motifs is 2. The highest BCUT2D eigenvalue weighted by atomic mass is 35.5. The van der Waals surface area contributed by atoms with E-state index in [2.05, 4.69) is 9.71 Å². The van der Waals surface area contributed by atoms with Gasteiger partial charge in [-0.2, -0.15) is 4.72 Å². The Hall–Kier alpha value is -3.73. The number of primary amides is 1. The van der Waals surface area contributed by atoms with Crippen molar-refractivity contribution < 1.29 is 18.0 Å². The van der Waals surface area contributed by atoms with Crippen LogP contribution in [0.4, 0.5) is 5.82 Å². The zero-order chi connectivity index (χ0) is 27.6. The fraction of sp³-hybridized carbons (Fsp3) is 0.276. The van der Waals surface area contributed by atoms with Gasteiger partial charge in [-0.15, -0.1) is 12.4 Å². The van der Waals surface area contributed by atoms with Gasteiger partial charge in [0.05, 0.1) is 10.8 Å². The van der Waals surface area contributed by atoms with Crippen LogP contribution in [0.3, 0.4) is 0 Å². The van der Waals surface area contributed by atoms with Crippen molar-refractivity contribution >= 4 is 61.6 Å². The Bertz CT molecular complexity index is 1660. The minimum atomic E-state index is -4.18. The number of hydrogen-bond acceptors (Lipinski definition) is 6. The van der Waals surface area contributed by atoms with Gasteiger partial charge in [-0.25, -0.2) is 13.4 Å². The summed E-state index contributed by atoms with van der Waals surface area (Å²) in [4.78, 5) is 32.4. The molecular formula is C29H32ClN5O4S. The summed E-state index contributed by atoms with van der Waals surface area (Å²) in [6.45, 7) is 1.11. The SMILES string of the molecule is Cl.NC(=O)C(NS(=O)(=O)c1ccc2ccccc2c1)C(Cc1ccc2c(N)nccc2c1)C(=O)N1CCCCC1. The Balaban J connectivity index is 0.00000370. The number of hydrogen-bond donors (Lipinski definition) is 3. The molecule has 2 unspecified atom stereocenters. The molecule has 2 amide bonds. The van der Waals surface area contributed by atoms with E-state index in [4.69, 9.17) is 11.5 Å². The number of pyridine rings is 1. The smallest absolute Gasteiger partial charge is 0.241 e. The Labute approximate surface area is 239 Å². The molecule has 1 aliphatic rings. The van der Waals surface area contributed by atoms with Gasteiger partial charge in [-0.05, 0) is 65.6 Å². The number of halogens is 1. The maximum Gasteiger partial charge on any atom is 0.241 e. The van der Waals surface area contributed by atoms with E-state index in [1.54, 1.807) is 23.2 Å². The van der Waals surface area contributed by atoms with Crippen molar-refractivity contribution in [3.05, 3.63) is 78.5 Å². The summed E-state index contributed by atoms with van der Waals surface area (Å²) in [5.74, 6) is -1.86. The average Bonchev–Trinajstić information content (AvgIpc) is 2.94. The van der Waals surface area contributed by atoms with E-state index in [1.165, 1.54) is 6.07 Å². The number of rotatable bonds is 8. The van der Waals surface area contributed by atoms with Gasteiger partial charge in [-0.1, -0.05) is 48.5 Å². The summed E-state index contributed by atoms with van der Waals surface area (Å²) < 4.78 is 29.5. The molecule has 0 radical (unpaired) electrons. The predicted molar refractivity (Wildman–Crippen MR) is 158 cm³/mol. The molecule has 11 heteroatoms. The van der Waals surface area contributed by atoms with E-state index in [-0.39, 0.29) is 29.6 Å². The maximum absolute atomic E-state index is 13.8. The van der Waals surface area contributed by atoms with Crippen LogP contribution >= 0.6 is 12.4 Å². The lowest BCUT2D eigenvalue weighted by molar-refractivity contribution is -0.139. The van der Waals surface area contributed by atoms with Crippen molar-refractivity contribution in [1.29, 1.82) is 0 Å². The van der Waals surface area contributed by atoms with E-state index in [0.717, 1.165) is 46.4 Å². The first-order chi connectivity index (χ1) is 18.7. The van der Waals surface area contributed by atoms with Gasteiger partial charge in [0.25, 0.3) is 0 Å². The van der Waals surface area contributed by atoms with Crippen LogP contribution in [0.5, 0.6) is 0 Å². The molecule has 3 aromatic carbocycles. The molecule has 2 atom stereocenters. The van der Waals surface area contributed by atoms with E-state index < -0.39 is 27.9 Å². The summed E-state index contributed by atoms with van der Waals surface area (Å²) in [5, 5.41) is 3.22. The van der Waals surface area contributed by atoms with Crippen molar-refractivity contribution in [2.24, 2.45) is 11.7 Å². The lowest BCUT2D eigenvalue weighted by Gasteiger charge is -2.33. The van der Waals surface area contributed by atoms with Crippen LogP contribution in [0.15, 0.2) is 77.8 Å². The second-order valence-corrected chi connectivity index (χ2v) is 11.7. The van der Waals surface area contributed by atoms with E-state index >= 15 is 0 Å². The third kappa shape index (κ3) is 6.19. The molecule has 5 N–H and O–H groups in total. The highest BCUT2D eigenvalue weighted by Crippen LogP contribution is 2.26. The van der Waals surface area contributed by atoms with Crippen molar-refractivity contribution in [1.82, 2.24) is 14.6 Å². The number of nitrogens with two attached hydrogens (primary N) is 2. The molecule has 4 aromatic rings. The van der Waals surface area contributed by atoms with Gasteiger partial charge in [0.1, 0.15) is 11.9 Å². The topological polar surface area (TPSA) is 148 Å². The predicted octanol–water partition coefficient (Wildman–Crippen LogP) is 3.40. The number of carbonyl (C=O) groups excluding carboxylic acids is 2. The number of amides is 2. The lowest BCUT2D eigenvalue weighted by Crippen LogP contribution is -2.55. The number of likely N-dealkylation sites (tertiary alicyclic amines) is 1. The normalized spacial score (nSPS) is 15.3. The molecule has 5 rings (SSSR count). The molecule has 0 bridgehead atoms. The monoisotopic (exact) mass is 581 g/mol. The van der Waals surface area contributed by atoms with Crippen LogP contribution < -0.4 is 16.2 Å². The van der Waals surface area contributed by atoms with Gasteiger partial charge < -0.3 is 16.4 Å². The van der Waals surface area contributed by atoms with E-state index in [1.807, 2.05) is 48.5 Å². The number of nitrogens with zero attached hydrogens (tertiary/aromatic N) is 2. The van der Waals surface area contributed by atoms with E-state index in [9.17, 15) is 18.0 Å². The first kappa shape index (κ1) is 29.3. The molecule has 1 fully saturated rings. The third-order valence-corrected chi connectivity index (χ3v) is 8.76. The van der Waals surface area contributed by atoms with Crippen molar-refractivity contribution in [2.75, 3.05) is 18.8 Å². The lowest BCUT2D eigenvalue weighted by atomic mass is 9.89. The summed E-state index contributed by atoms with van der Waals surface area (Å²) in [7, 11) is -4.18. The Morgan fingerprint density at radius 3 is 2.38 bits per heavy atom. The number of benzene rings is 3. The molecular weight excluding hydrogens is 550 g/mol. The van der Waals surface area contributed by atoms with Crippen LogP contribution in [0.25, 0.3) is 21.5 Å². The quantitative estimate of drug-likeness (QED) is 0.290. The first-order valence-corrected chi connectivity index (χ1v) is 14.4. The van der Waals surface area contributed by atoms with Gasteiger partial charge in [0, 0.05) is 24.7 Å². The third-order valence-electron chi connectivity index (χ3n) is 7.32. The van der Waals surface area contributed by atoms with Gasteiger partial charge in [0.2, 0.25) is 21.8 Å². The number of aromatic nitrogens is 1. The zero-order valence-electron chi connectivity index (χ0n) is 21.8. The molecule has 1 saturated heterocycles. The molecule has 2 heterocycles. The fourth-order valence-electron chi connectivity index (χ4n) is 5.24. The molecule has 210 valence electrons. The number of sulfonamides is 1. The molecule has 1 aromatic heterocycles. The summed E-state index contributed by atoms with van der Waals surface area (Å²) in [5.41, 5.74) is 12.5. The second-order valence-electron chi connectivity index (χ2n) is 9.96. The molecule has 0 saturated carbocycles. The molecule has 40 heavy (non-hydrogen) atoms. The van der Waals surface area contributed by atoms with E-state index in [0.29, 0.717) is 18.9 Å². The van der Waals surface area contributed by atoms with Crippen LogP contribution in [0, 0.1) is 5.92 Å². The second kappa shape index (κ2) is 12.2. The minimum Gasteiger partial charge on any atom is -0.383 e. The number of piperidine rings is 1. The van der Waals surface area contributed by atoms with Crippen LogP contribution in [0.2, 0.25) is 0 Å². The first-order valence-electron chi connectivity index (χ1n) is 13.0. The standard InChI is InChI=1S/C29H31N5O4S.ClH/c30-27-24-11-8-19(16-22(24)12-13-32-27)17-25(29(36)34-14-4-1-5-15-34)26(28(31)35)33-39(37,38)23-10-9-20-6-2-3-7-21(20)18-23;/h2-3,6-13,16,18,25-26,33H,1,4-5,14-15,17H2,(H2,30,32)(H2,31,35);1H. The highest BCUT2D eigenvalue weighted by Gasteiger charge is 2.38. The molecule has 9 nitrogen and oxygen atoms in total. The van der Waals surface area contributed by atoms with Crippen molar-refractivity contribution in [3.63, 3.8) is 0 Å². The maximum atomic E-state index is 13.8. The minimum absolute atomic E-state index is 0. The highest BCUT2D eigenvalue weighted by molar-refractivity contribution is 7.89. The fourth-order valence-corrected chi connectivity index (χ4v) is 6.52. The number of carbonyl (C=O) groups is 2. The summed E-state index contributed by atoms with van der Waals surface area (Å²) in [6, 6.07) is 18.0. The Kier molecular flexibility index (Phi) is 8.92. The average molecular weight is 582 g/mol. The largest absolute Gasteiger partial charge is 0.383 e. The number of nitrogen functional groups attached to an aromatic ring is 1. The zero-order valence-corrected chi connectivity index (χ0v) is 23.5. The number of anilines is 1. The van der Waals surface area contributed by atoms with Gasteiger partial charge in [-0.3, -0.25) is 9.59 Å². The number of nitrogens with one attached hydrogen (secondary N) is 1. The summed E-state index contributed by atoms with van der Waals surface area (Å²) in [6.07, 6.45) is 4.43. The van der Waals surface area contributed by atoms with Crippen LogP contribution in [-0.2, 0) is 26.0 Å². The molecule has 0 aliphatic carbocycles. The van der Waals surface area contributed by atoms with Crippen molar-refractivity contribution in [2.45, 2.75) is 36.6 Å². The van der Waals surface area contributed by atoms with Crippen LogP contribution in [-0.4, -0.2) is 49.2 Å². The Morgan fingerprint density at radius 2 is 1.65 bits per heavy atom. The van der Waals surface area contributed by atoms with Gasteiger partial charge in [0.15, 0.2) is 0 Å². The Morgan fingerprint density at radius 1 is 0.925 bits per heavy atom. The summed E-state index contributed by atoms with van der Waals surface area (Å²) >= 11 is 0.